The molecule has 0 saturated carbocycles. The van der Waals surface area contributed by atoms with Crippen LogP contribution in [0.1, 0.15) is 27.9 Å². The van der Waals surface area contributed by atoms with E-state index in [0.717, 1.165) is 21.3 Å². The van der Waals surface area contributed by atoms with Crippen LogP contribution in [0.2, 0.25) is 0 Å². The Kier molecular flexibility index (Phi) is 11.5. The number of aromatic nitrogens is 3. The van der Waals surface area contributed by atoms with Crippen LogP contribution >= 0.6 is 0 Å². The third-order valence-electron chi connectivity index (χ3n) is 11.2. The Bertz CT molecular complexity index is 3460. The Morgan fingerprint density at radius 2 is 0.986 bits per heavy atom. The van der Waals surface area contributed by atoms with Crippen molar-refractivity contribution in [2.24, 2.45) is 30.4 Å². The van der Waals surface area contributed by atoms with Gasteiger partial charge in [-0.15, -0.1) is 15.3 Å². The fourth-order valence-electron chi connectivity index (χ4n) is 7.68. The van der Waals surface area contributed by atoms with Gasteiger partial charge in [-0.25, -0.2) is 15.0 Å². The zero-order valence-electron chi connectivity index (χ0n) is 37.3. The molecule has 0 atom stereocenters. The molecule has 6 aromatic carbocycles. The number of aromatic hydroxyl groups is 2. The van der Waals surface area contributed by atoms with Gasteiger partial charge >= 0.3 is 0 Å². The van der Waals surface area contributed by atoms with E-state index in [1.165, 1.54) is 0 Å². The first-order valence-electron chi connectivity index (χ1n) is 21.7. The summed E-state index contributed by atoms with van der Waals surface area (Å²) in [5, 5.41) is 43.5. The van der Waals surface area contributed by atoms with E-state index in [2.05, 4.69) is 30.5 Å². The van der Waals surface area contributed by atoms with Crippen molar-refractivity contribution in [3.05, 3.63) is 203 Å². The number of aryl methyl sites for hydroxylation is 1. The van der Waals surface area contributed by atoms with Crippen LogP contribution in [0.4, 0.5) is 39.8 Å². The molecule has 336 valence electrons. The van der Waals surface area contributed by atoms with Gasteiger partial charge in [-0.2, -0.15) is 14.7 Å². The minimum atomic E-state index is -0.518. The van der Waals surface area contributed by atoms with Crippen LogP contribution in [0.3, 0.4) is 0 Å². The minimum absolute atomic E-state index is 0.0159. The minimum Gasteiger partial charge on any atom is -0.492 e. The molecule has 0 unspecified atom stereocenters. The molecule has 0 fully saturated rings. The molecule has 0 saturated heterocycles. The molecule has 16 heteroatoms. The number of nitrogens with zero attached hydrogens (tertiary/aromatic N) is 12. The Morgan fingerprint density at radius 1 is 0.536 bits per heavy atom. The predicted octanol–water partition coefficient (Wildman–Crippen LogP) is 11.0. The van der Waals surface area contributed by atoms with Crippen LogP contribution in [0.15, 0.2) is 206 Å². The lowest BCUT2D eigenvalue weighted by Gasteiger charge is -2.18. The van der Waals surface area contributed by atoms with Gasteiger partial charge in [0.1, 0.15) is 23.1 Å². The molecular formula is C53H40N12O4. The fraction of sp³-hybridized carbons (Fsp3) is 0.0566. The second-order valence-electron chi connectivity index (χ2n) is 16.0. The van der Waals surface area contributed by atoms with Crippen molar-refractivity contribution in [2.75, 3.05) is 28.8 Å². The maximum absolute atomic E-state index is 13.9. The molecule has 69 heavy (non-hydrogen) atoms. The van der Waals surface area contributed by atoms with Crippen LogP contribution < -0.4 is 14.7 Å². The molecule has 2 aliphatic heterocycles. The first-order valence-corrected chi connectivity index (χ1v) is 21.7. The molecule has 16 nitrogen and oxygen atoms in total. The summed E-state index contributed by atoms with van der Waals surface area (Å²) in [6.07, 6.45) is 3.53. The van der Waals surface area contributed by atoms with Gasteiger partial charge in [-0.05, 0) is 115 Å². The molecule has 8 aromatic rings. The molecule has 0 spiro atoms. The van der Waals surface area contributed by atoms with E-state index in [4.69, 9.17) is 9.98 Å². The summed E-state index contributed by atoms with van der Waals surface area (Å²) in [6.45, 7) is 1.63. The number of aliphatic imine (C=N–C) groups is 2. The third-order valence-corrected chi connectivity index (χ3v) is 11.2. The lowest BCUT2D eigenvalue weighted by molar-refractivity contribution is -0.114. The van der Waals surface area contributed by atoms with Gasteiger partial charge in [0.2, 0.25) is 5.88 Å². The number of amidine groups is 2. The number of azo groups is 2. The maximum atomic E-state index is 13.9. The second-order valence-corrected chi connectivity index (χ2v) is 16.0. The lowest BCUT2D eigenvalue weighted by Crippen LogP contribution is -2.32. The zero-order chi connectivity index (χ0) is 47.6. The Balaban J connectivity index is 0.881. The van der Waals surface area contributed by atoms with Gasteiger partial charge in [0.25, 0.3) is 17.7 Å². The molecule has 2 N–H and O–H groups in total. The molecule has 0 bridgehead atoms. The summed E-state index contributed by atoms with van der Waals surface area (Å²) >= 11 is 0. The lowest BCUT2D eigenvalue weighted by atomic mass is 10.1. The van der Waals surface area contributed by atoms with Crippen LogP contribution in [0.25, 0.3) is 17.8 Å². The number of carbonyl (C=O) groups is 2. The van der Waals surface area contributed by atoms with E-state index in [1.54, 1.807) is 77.4 Å². The van der Waals surface area contributed by atoms with Crippen molar-refractivity contribution >= 4 is 81.1 Å². The normalized spacial score (nSPS) is 15.1. The summed E-state index contributed by atoms with van der Waals surface area (Å²) in [4.78, 5) is 46.8. The van der Waals surface area contributed by atoms with Crippen LogP contribution in [0, 0.1) is 6.92 Å². The number of rotatable bonds is 11. The highest BCUT2D eigenvalue weighted by Crippen LogP contribution is 2.39. The monoisotopic (exact) mass is 908 g/mol. The highest BCUT2D eigenvalue weighted by Gasteiger charge is 2.34. The molecule has 0 radical (unpaired) electrons. The number of amides is 2. The van der Waals surface area contributed by atoms with E-state index in [0.29, 0.717) is 56.9 Å². The summed E-state index contributed by atoms with van der Waals surface area (Å²) in [7, 11) is 3.94. The SMILES string of the molecule is Cc1nc2c(N=Nc3ccc(C4=N/C(=C/c5ccccc5)C(=O)N4c4ccccc4)cc3)c(O)nn2c(O)c1N=Nc1ccc(C2=N/C(=C/c3ccc(N(C)C)cc3)C(=O)N2c2ccccc2)cc1. The van der Waals surface area contributed by atoms with Crippen LogP contribution in [0.5, 0.6) is 11.8 Å². The second kappa shape index (κ2) is 18.3. The average molecular weight is 909 g/mol. The Hall–Kier alpha value is -9.70. The van der Waals surface area contributed by atoms with Gasteiger partial charge in [0, 0.05) is 30.9 Å². The Morgan fingerprint density at radius 3 is 1.46 bits per heavy atom. The van der Waals surface area contributed by atoms with E-state index in [1.807, 2.05) is 134 Å². The van der Waals surface area contributed by atoms with Gasteiger partial charge in [0.15, 0.2) is 17.0 Å². The van der Waals surface area contributed by atoms with Crippen molar-refractivity contribution < 1.29 is 19.8 Å². The van der Waals surface area contributed by atoms with E-state index < -0.39 is 11.8 Å². The maximum Gasteiger partial charge on any atom is 0.282 e. The molecule has 4 heterocycles. The van der Waals surface area contributed by atoms with E-state index in [9.17, 15) is 19.8 Å². The molecule has 2 aromatic heterocycles. The van der Waals surface area contributed by atoms with Gasteiger partial charge < -0.3 is 15.1 Å². The van der Waals surface area contributed by atoms with Crippen molar-refractivity contribution in [2.45, 2.75) is 6.92 Å². The fourth-order valence-corrected chi connectivity index (χ4v) is 7.68. The topological polar surface area (TPSA) is 189 Å². The van der Waals surface area contributed by atoms with Gasteiger partial charge in [-0.1, -0.05) is 78.9 Å². The first kappa shape index (κ1) is 43.2. The number of hydrogen-bond acceptors (Lipinski definition) is 13. The molecular weight excluding hydrogens is 869 g/mol. The number of para-hydroxylation sites is 2. The van der Waals surface area contributed by atoms with Crippen LogP contribution in [-0.4, -0.2) is 62.4 Å². The van der Waals surface area contributed by atoms with E-state index >= 15 is 0 Å². The average Bonchev–Trinajstić information content (AvgIpc) is 4.00. The standard InChI is InChI=1S/C53H40N12O4/c1-33-45(59-57-38-25-21-36(22-26-38)48-56-44(32-35-19-29-40(30-20-35)62(2)3)52(68)64(48)42-17-11-6-12-18-42)53(69)65-49(54-33)46(50(66)61-65)60-58-39-27-23-37(24-28-39)47-55-43(31-34-13-7-4-8-14-34)51(67)63(47)41-15-9-5-10-16-41/h4-32,69H,1-3H3,(H,61,66)/b43-31+,44-32+,59-57?,60-58?. The van der Waals surface area contributed by atoms with Crippen molar-refractivity contribution in [1.82, 2.24) is 14.6 Å². The van der Waals surface area contributed by atoms with Crippen molar-refractivity contribution in [3.63, 3.8) is 0 Å². The van der Waals surface area contributed by atoms with Crippen molar-refractivity contribution in [3.8, 4) is 11.8 Å². The quantitative estimate of drug-likeness (QED) is 0.0953. The van der Waals surface area contributed by atoms with Crippen molar-refractivity contribution in [1.29, 1.82) is 0 Å². The van der Waals surface area contributed by atoms with Gasteiger partial charge in [-0.3, -0.25) is 19.4 Å². The summed E-state index contributed by atoms with van der Waals surface area (Å²) < 4.78 is 1.01. The number of carbonyl (C=O) groups excluding carboxylic acids is 2. The number of anilines is 3. The predicted molar refractivity (Wildman–Crippen MR) is 266 cm³/mol. The first-order chi connectivity index (χ1) is 33.6. The van der Waals surface area contributed by atoms with E-state index in [-0.39, 0.29) is 34.5 Å². The Labute approximate surface area is 395 Å². The molecule has 0 aliphatic carbocycles. The summed E-state index contributed by atoms with van der Waals surface area (Å²) in [5.41, 5.74) is 7.14. The van der Waals surface area contributed by atoms with Crippen LogP contribution in [-0.2, 0) is 9.59 Å². The molecule has 2 amide bonds. The number of fused-ring (bicyclic) bond motifs is 1. The third kappa shape index (κ3) is 8.63. The summed E-state index contributed by atoms with van der Waals surface area (Å²) in [5.74, 6) is -0.554. The highest BCUT2D eigenvalue weighted by molar-refractivity contribution is 6.34. The summed E-state index contributed by atoms with van der Waals surface area (Å²) in [6, 6.07) is 50.0. The molecule has 10 rings (SSSR count). The number of benzene rings is 6. The molecule has 2 aliphatic rings. The number of hydrogen-bond donors (Lipinski definition) is 2. The highest BCUT2D eigenvalue weighted by atomic mass is 16.3. The largest absolute Gasteiger partial charge is 0.492 e. The zero-order valence-corrected chi connectivity index (χ0v) is 37.3. The van der Waals surface area contributed by atoms with Gasteiger partial charge in [0.05, 0.1) is 28.4 Å². The smallest absolute Gasteiger partial charge is 0.282 e.